The van der Waals surface area contributed by atoms with E-state index in [0.29, 0.717) is 12.2 Å². The molecule has 0 unspecified atom stereocenters. The number of carbonyl (C=O) groups is 3. The van der Waals surface area contributed by atoms with E-state index in [4.69, 9.17) is 16.3 Å². The Morgan fingerprint density at radius 1 is 1.20 bits per heavy atom. The number of amides is 2. The van der Waals surface area contributed by atoms with E-state index in [9.17, 15) is 14.4 Å². The van der Waals surface area contributed by atoms with Gasteiger partial charge in [-0.3, -0.25) is 9.59 Å². The van der Waals surface area contributed by atoms with Crippen LogP contribution in [0.4, 0.5) is 0 Å². The van der Waals surface area contributed by atoms with Crippen molar-refractivity contribution >= 4 is 29.4 Å². The van der Waals surface area contributed by atoms with Crippen LogP contribution in [0.3, 0.4) is 0 Å². The molecule has 2 amide bonds. The van der Waals surface area contributed by atoms with Crippen molar-refractivity contribution in [3.8, 4) is 0 Å². The zero-order valence-corrected chi connectivity index (χ0v) is 18.6. The van der Waals surface area contributed by atoms with Gasteiger partial charge >= 0.3 is 5.97 Å². The topological polar surface area (TPSA) is 93.5 Å². The van der Waals surface area contributed by atoms with Crippen molar-refractivity contribution < 1.29 is 19.1 Å². The predicted octanol–water partition coefficient (Wildman–Crippen LogP) is 2.42. The van der Waals surface area contributed by atoms with Gasteiger partial charge in [0.05, 0.1) is 18.8 Å². The maximum Gasteiger partial charge on any atom is 0.343 e. The van der Waals surface area contributed by atoms with Crippen molar-refractivity contribution in [3.05, 3.63) is 52.3 Å². The summed E-state index contributed by atoms with van der Waals surface area (Å²) in [6.45, 7) is 6.95. The van der Waals surface area contributed by atoms with Crippen LogP contribution in [-0.4, -0.2) is 58.2 Å². The molecule has 2 rings (SSSR count). The molecule has 9 heteroatoms. The van der Waals surface area contributed by atoms with Crippen LogP contribution in [0.15, 0.2) is 30.3 Å². The molecule has 2 aromatic rings. The fourth-order valence-corrected chi connectivity index (χ4v) is 3.03. The Hall–Kier alpha value is -2.87. The molecule has 0 spiro atoms. The zero-order chi connectivity index (χ0) is 22.5. The first-order chi connectivity index (χ1) is 14.0. The van der Waals surface area contributed by atoms with Gasteiger partial charge in [0, 0.05) is 12.6 Å². The van der Waals surface area contributed by atoms with Crippen molar-refractivity contribution in [1.29, 1.82) is 0 Å². The second-order valence-corrected chi connectivity index (χ2v) is 8.38. The Bertz CT molecular complexity index is 919. The maximum atomic E-state index is 12.5. The Morgan fingerprint density at radius 3 is 2.43 bits per heavy atom. The number of carbonyl (C=O) groups excluding carboxylic acids is 3. The van der Waals surface area contributed by atoms with E-state index < -0.39 is 24.0 Å². The van der Waals surface area contributed by atoms with Crippen molar-refractivity contribution in [2.75, 3.05) is 20.2 Å². The summed E-state index contributed by atoms with van der Waals surface area (Å²) in [6, 6.07) is 9.56. The second-order valence-electron chi connectivity index (χ2n) is 8.02. The largest absolute Gasteiger partial charge is 0.452 e. The van der Waals surface area contributed by atoms with E-state index in [1.165, 1.54) is 16.6 Å². The number of aryl methyl sites for hydroxylation is 1. The highest BCUT2D eigenvalue weighted by atomic mass is 35.5. The molecule has 1 aromatic carbocycles. The summed E-state index contributed by atoms with van der Waals surface area (Å²) >= 11 is 6.33. The van der Waals surface area contributed by atoms with Gasteiger partial charge < -0.3 is 15.0 Å². The number of hydrogen-bond acceptors (Lipinski definition) is 5. The molecular weight excluding hydrogens is 408 g/mol. The first kappa shape index (κ1) is 23.4. The smallest absolute Gasteiger partial charge is 0.343 e. The Labute approximate surface area is 181 Å². The fourth-order valence-electron chi connectivity index (χ4n) is 2.72. The van der Waals surface area contributed by atoms with Crippen molar-refractivity contribution in [3.63, 3.8) is 0 Å². The van der Waals surface area contributed by atoms with Gasteiger partial charge in [-0.25, -0.2) is 9.48 Å². The molecule has 1 heterocycles. The third-order valence-electron chi connectivity index (χ3n) is 4.09. The number of aromatic nitrogens is 2. The number of likely N-dealkylation sites (N-methyl/N-ethyl adjacent to an activating group) is 1. The lowest BCUT2D eigenvalue weighted by atomic mass is 10.1. The molecule has 162 valence electrons. The monoisotopic (exact) mass is 434 g/mol. The summed E-state index contributed by atoms with van der Waals surface area (Å²) in [6.07, 6.45) is 0. The molecule has 8 nitrogen and oxygen atoms in total. The van der Waals surface area contributed by atoms with E-state index in [1.807, 2.05) is 51.1 Å². The summed E-state index contributed by atoms with van der Waals surface area (Å²) in [5.41, 5.74) is 1.11. The highest BCUT2D eigenvalue weighted by molar-refractivity contribution is 6.32. The molecule has 0 saturated carbocycles. The van der Waals surface area contributed by atoms with Crippen LogP contribution >= 0.6 is 11.6 Å². The lowest BCUT2D eigenvalue weighted by Gasteiger charge is -2.23. The van der Waals surface area contributed by atoms with Gasteiger partial charge in [0.25, 0.3) is 5.91 Å². The van der Waals surface area contributed by atoms with Crippen LogP contribution in [0.1, 0.15) is 42.4 Å². The van der Waals surface area contributed by atoms with Crippen LogP contribution in [0, 0.1) is 6.92 Å². The van der Waals surface area contributed by atoms with Crippen molar-refractivity contribution in [2.45, 2.75) is 39.8 Å². The molecule has 1 N–H and O–H groups in total. The minimum atomic E-state index is -0.738. The van der Waals surface area contributed by atoms with Crippen LogP contribution < -0.4 is 5.32 Å². The first-order valence-electron chi connectivity index (χ1n) is 9.47. The quantitative estimate of drug-likeness (QED) is 0.675. The van der Waals surface area contributed by atoms with Gasteiger partial charge in [-0.1, -0.05) is 41.9 Å². The van der Waals surface area contributed by atoms with Gasteiger partial charge in [0.1, 0.15) is 10.7 Å². The Balaban J connectivity index is 1.96. The minimum absolute atomic E-state index is 0.119. The summed E-state index contributed by atoms with van der Waals surface area (Å²) in [5, 5.41) is 7.21. The lowest BCUT2D eigenvalue weighted by molar-refractivity contribution is -0.137. The number of benzene rings is 1. The summed E-state index contributed by atoms with van der Waals surface area (Å²) in [7, 11) is 1.47. The maximum absolute atomic E-state index is 12.5. The number of rotatable bonds is 7. The third-order valence-corrected chi connectivity index (χ3v) is 4.48. The highest BCUT2D eigenvalue weighted by Gasteiger charge is 2.24. The highest BCUT2D eigenvalue weighted by Crippen LogP contribution is 2.22. The average molecular weight is 435 g/mol. The SMILES string of the molecule is Cc1nn(Cc2ccccc2)c(Cl)c1C(=O)OCC(=O)N(C)CC(=O)NC(C)(C)C. The van der Waals surface area contributed by atoms with E-state index >= 15 is 0 Å². The number of ether oxygens (including phenoxy) is 1. The molecule has 0 bridgehead atoms. The summed E-state index contributed by atoms with van der Waals surface area (Å²) in [4.78, 5) is 37.8. The number of esters is 1. The summed E-state index contributed by atoms with van der Waals surface area (Å²) < 4.78 is 6.63. The van der Waals surface area contributed by atoms with Crippen LogP contribution in [0.2, 0.25) is 5.15 Å². The van der Waals surface area contributed by atoms with E-state index in [2.05, 4.69) is 10.4 Å². The Morgan fingerprint density at radius 2 is 1.83 bits per heavy atom. The molecule has 1 aromatic heterocycles. The first-order valence-corrected chi connectivity index (χ1v) is 9.84. The normalized spacial score (nSPS) is 11.1. The molecule has 30 heavy (non-hydrogen) atoms. The molecule has 0 aliphatic carbocycles. The molecule has 0 atom stereocenters. The molecule has 0 saturated heterocycles. The van der Waals surface area contributed by atoms with Gasteiger partial charge in [-0.15, -0.1) is 0 Å². The van der Waals surface area contributed by atoms with Gasteiger partial charge in [0.15, 0.2) is 6.61 Å². The van der Waals surface area contributed by atoms with Crippen LogP contribution in [0.25, 0.3) is 0 Å². The van der Waals surface area contributed by atoms with E-state index in [0.717, 1.165) is 5.56 Å². The predicted molar refractivity (Wildman–Crippen MR) is 113 cm³/mol. The van der Waals surface area contributed by atoms with Gasteiger partial charge in [0.2, 0.25) is 5.91 Å². The number of nitrogens with one attached hydrogen (secondary N) is 1. The average Bonchev–Trinajstić information content (AvgIpc) is 2.92. The third kappa shape index (κ3) is 6.59. The standard InChI is InChI=1S/C21H27ClN4O4/c1-14-18(19(22)26(24-14)11-15-9-7-6-8-10-15)20(29)30-13-17(28)25(5)12-16(27)23-21(2,3)4/h6-10H,11-13H2,1-5H3,(H,23,27). The zero-order valence-electron chi connectivity index (χ0n) is 17.9. The fraction of sp³-hybridized carbons (Fsp3) is 0.429. The van der Waals surface area contributed by atoms with E-state index in [-0.39, 0.29) is 23.2 Å². The van der Waals surface area contributed by atoms with Crippen LogP contribution in [-0.2, 0) is 20.9 Å². The molecular formula is C21H27ClN4O4. The van der Waals surface area contributed by atoms with Crippen LogP contribution in [0.5, 0.6) is 0 Å². The van der Waals surface area contributed by atoms with Crippen molar-refractivity contribution in [1.82, 2.24) is 20.0 Å². The minimum Gasteiger partial charge on any atom is -0.452 e. The number of halogens is 1. The molecule has 0 fully saturated rings. The molecule has 0 radical (unpaired) electrons. The van der Waals surface area contributed by atoms with Gasteiger partial charge in [-0.2, -0.15) is 5.10 Å². The molecule has 0 aliphatic heterocycles. The number of hydrogen-bond donors (Lipinski definition) is 1. The molecule has 0 aliphatic rings. The second kappa shape index (κ2) is 9.75. The lowest BCUT2D eigenvalue weighted by Crippen LogP contribution is -2.46. The van der Waals surface area contributed by atoms with Gasteiger partial charge in [-0.05, 0) is 33.3 Å². The van der Waals surface area contributed by atoms with Crippen molar-refractivity contribution in [2.24, 2.45) is 0 Å². The number of nitrogens with zero attached hydrogens (tertiary/aromatic N) is 3. The Kier molecular flexibility index (Phi) is 7.61. The summed E-state index contributed by atoms with van der Waals surface area (Å²) in [5.74, 6) is -1.54. The van der Waals surface area contributed by atoms with E-state index in [1.54, 1.807) is 6.92 Å².